The van der Waals surface area contributed by atoms with Gasteiger partial charge >= 0.3 is 0 Å². The van der Waals surface area contributed by atoms with Crippen LogP contribution in [0.15, 0.2) is 39.6 Å². The zero-order valence-corrected chi connectivity index (χ0v) is 16.5. The Balaban J connectivity index is 1.46. The Bertz CT molecular complexity index is 979. The van der Waals surface area contributed by atoms with Crippen molar-refractivity contribution < 1.29 is 17.6 Å². The van der Waals surface area contributed by atoms with E-state index in [-0.39, 0.29) is 28.4 Å². The molecule has 1 saturated carbocycles. The van der Waals surface area contributed by atoms with Crippen LogP contribution in [0, 0.1) is 6.92 Å². The first-order chi connectivity index (χ1) is 12.9. The average molecular weight is 409 g/mol. The van der Waals surface area contributed by atoms with Crippen LogP contribution in [0.25, 0.3) is 0 Å². The summed E-state index contributed by atoms with van der Waals surface area (Å²) in [6, 6.07) is 8.93. The second-order valence-corrected chi connectivity index (χ2v) is 9.46. The predicted molar refractivity (Wildman–Crippen MR) is 102 cm³/mol. The summed E-state index contributed by atoms with van der Waals surface area (Å²) in [5.41, 5.74) is 1.08. The van der Waals surface area contributed by atoms with Crippen LogP contribution in [0.3, 0.4) is 0 Å². The summed E-state index contributed by atoms with van der Waals surface area (Å²) in [5, 5.41) is 3.58. The number of benzene rings is 1. The normalized spacial score (nSPS) is 22.7. The van der Waals surface area contributed by atoms with E-state index in [0.29, 0.717) is 18.1 Å². The SMILES string of the molecule is Cc1oc(C(=O)NC2CC2c2cccc(Cl)c2)cc1S(=O)(=O)N1CCCC1. The second-order valence-electron chi connectivity index (χ2n) is 7.12. The van der Waals surface area contributed by atoms with Gasteiger partial charge in [-0.1, -0.05) is 23.7 Å². The molecule has 27 heavy (non-hydrogen) atoms. The molecule has 4 rings (SSSR count). The number of amides is 1. The molecule has 0 spiro atoms. The van der Waals surface area contributed by atoms with Crippen molar-refractivity contribution in [1.29, 1.82) is 0 Å². The standard InChI is InChI=1S/C19H21ClN2O4S/c1-12-18(27(24,25)22-7-2-3-8-22)11-17(26-12)19(23)21-16-10-15(16)13-5-4-6-14(20)9-13/h4-6,9,11,15-16H,2-3,7-8,10H2,1H3,(H,21,23). The molecule has 1 aromatic heterocycles. The monoisotopic (exact) mass is 408 g/mol. The number of hydrogen-bond acceptors (Lipinski definition) is 4. The number of halogens is 1. The van der Waals surface area contributed by atoms with Crippen molar-refractivity contribution in [2.45, 2.75) is 43.0 Å². The van der Waals surface area contributed by atoms with Crippen LogP contribution in [-0.4, -0.2) is 37.8 Å². The van der Waals surface area contributed by atoms with Crippen LogP contribution in [-0.2, 0) is 10.0 Å². The lowest BCUT2D eigenvalue weighted by Gasteiger charge is -2.14. The summed E-state index contributed by atoms with van der Waals surface area (Å²) in [5.74, 6) is 0.100. The van der Waals surface area contributed by atoms with Crippen LogP contribution in [0.1, 0.15) is 47.1 Å². The van der Waals surface area contributed by atoms with Gasteiger partial charge in [0.25, 0.3) is 5.91 Å². The third-order valence-electron chi connectivity index (χ3n) is 5.16. The Kier molecular flexibility index (Phi) is 4.78. The van der Waals surface area contributed by atoms with E-state index in [9.17, 15) is 13.2 Å². The molecule has 1 aliphatic heterocycles. The molecular formula is C19H21ClN2O4S. The molecule has 1 amide bonds. The minimum absolute atomic E-state index is 0.0000111. The maximum Gasteiger partial charge on any atom is 0.287 e. The summed E-state index contributed by atoms with van der Waals surface area (Å²) in [6.45, 7) is 2.60. The van der Waals surface area contributed by atoms with E-state index in [1.807, 2.05) is 24.3 Å². The molecule has 2 unspecified atom stereocenters. The molecular weight excluding hydrogens is 388 g/mol. The van der Waals surface area contributed by atoms with Gasteiger partial charge in [-0.05, 0) is 43.9 Å². The van der Waals surface area contributed by atoms with E-state index < -0.39 is 15.9 Å². The van der Waals surface area contributed by atoms with Gasteiger partial charge in [0.05, 0.1) is 0 Å². The topological polar surface area (TPSA) is 79.6 Å². The number of hydrogen-bond donors (Lipinski definition) is 1. The largest absolute Gasteiger partial charge is 0.455 e. The first-order valence-electron chi connectivity index (χ1n) is 9.03. The molecule has 1 saturated heterocycles. The molecule has 2 aromatic rings. The van der Waals surface area contributed by atoms with Gasteiger partial charge in [-0.2, -0.15) is 4.31 Å². The fourth-order valence-electron chi connectivity index (χ4n) is 3.60. The lowest BCUT2D eigenvalue weighted by atomic mass is 10.1. The molecule has 0 bridgehead atoms. The summed E-state index contributed by atoms with van der Waals surface area (Å²) < 4.78 is 32.4. The van der Waals surface area contributed by atoms with Crippen molar-refractivity contribution in [3.63, 3.8) is 0 Å². The van der Waals surface area contributed by atoms with Crippen molar-refractivity contribution in [3.8, 4) is 0 Å². The average Bonchev–Trinajstić information content (AvgIpc) is 3.02. The third-order valence-corrected chi connectivity index (χ3v) is 7.40. The van der Waals surface area contributed by atoms with Crippen LogP contribution >= 0.6 is 11.6 Å². The fraction of sp³-hybridized carbons (Fsp3) is 0.421. The molecule has 2 atom stereocenters. The van der Waals surface area contributed by atoms with Gasteiger partial charge in [-0.3, -0.25) is 4.79 Å². The molecule has 8 heteroatoms. The van der Waals surface area contributed by atoms with Gasteiger partial charge in [0, 0.05) is 36.1 Å². The molecule has 144 valence electrons. The Morgan fingerprint density at radius 3 is 2.70 bits per heavy atom. The summed E-state index contributed by atoms with van der Waals surface area (Å²) in [7, 11) is -3.61. The van der Waals surface area contributed by atoms with Crippen LogP contribution < -0.4 is 5.32 Å². The third kappa shape index (κ3) is 3.63. The Morgan fingerprint density at radius 1 is 1.26 bits per heavy atom. The number of rotatable bonds is 5. The van der Waals surface area contributed by atoms with Gasteiger partial charge in [-0.15, -0.1) is 0 Å². The van der Waals surface area contributed by atoms with E-state index in [2.05, 4.69) is 5.32 Å². The van der Waals surface area contributed by atoms with Gasteiger partial charge < -0.3 is 9.73 Å². The molecule has 2 heterocycles. The lowest BCUT2D eigenvalue weighted by Crippen LogP contribution is -2.28. The Hall–Kier alpha value is -1.83. The molecule has 0 radical (unpaired) electrons. The predicted octanol–water partition coefficient (Wildman–Crippen LogP) is 3.31. The first-order valence-corrected chi connectivity index (χ1v) is 10.8. The van der Waals surface area contributed by atoms with E-state index >= 15 is 0 Å². The highest BCUT2D eigenvalue weighted by molar-refractivity contribution is 7.89. The van der Waals surface area contributed by atoms with Crippen molar-refractivity contribution in [2.75, 3.05) is 13.1 Å². The van der Waals surface area contributed by atoms with Gasteiger partial charge in [0.1, 0.15) is 10.7 Å². The second kappa shape index (κ2) is 6.96. The Labute approximate surface area is 163 Å². The van der Waals surface area contributed by atoms with Gasteiger partial charge in [-0.25, -0.2) is 8.42 Å². The van der Waals surface area contributed by atoms with E-state index in [0.717, 1.165) is 24.8 Å². The van der Waals surface area contributed by atoms with E-state index in [1.54, 1.807) is 6.92 Å². The quantitative estimate of drug-likeness (QED) is 0.823. The van der Waals surface area contributed by atoms with E-state index in [1.165, 1.54) is 10.4 Å². The maximum absolute atomic E-state index is 12.7. The number of nitrogens with one attached hydrogen (secondary N) is 1. The van der Waals surface area contributed by atoms with Crippen molar-refractivity contribution in [2.24, 2.45) is 0 Å². The molecule has 1 N–H and O–H groups in total. The number of sulfonamides is 1. The minimum Gasteiger partial charge on any atom is -0.455 e. The maximum atomic E-state index is 12.7. The molecule has 1 aromatic carbocycles. The smallest absolute Gasteiger partial charge is 0.287 e. The first kappa shape index (κ1) is 18.5. The zero-order valence-electron chi connectivity index (χ0n) is 14.9. The zero-order chi connectivity index (χ0) is 19.2. The Morgan fingerprint density at radius 2 is 2.00 bits per heavy atom. The van der Waals surface area contributed by atoms with Crippen molar-refractivity contribution in [3.05, 3.63) is 52.4 Å². The highest BCUT2D eigenvalue weighted by Crippen LogP contribution is 2.41. The van der Waals surface area contributed by atoms with Crippen molar-refractivity contribution in [1.82, 2.24) is 9.62 Å². The van der Waals surface area contributed by atoms with E-state index in [4.69, 9.17) is 16.0 Å². The van der Waals surface area contributed by atoms with Gasteiger partial charge in [0.15, 0.2) is 5.76 Å². The highest BCUT2D eigenvalue weighted by atomic mass is 35.5. The highest BCUT2D eigenvalue weighted by Gasteiger charge is 2.40. The van der Waals surface area contributed by atoms with Crippen LogP contribution in [0.4, 0.5) is 0 Å². The van der Waals surface area contributed by atoms with Crippen LogP contribution in [0.5, 0.6) is 0 Å². The minimum atomic E-state index is -3.61. The lowest BCUT2D eigenvalue weighted by molar-refractivity contribution is 0.0921. The number of carbonyl (C=O) groups excluding carboxylic acids is 1. The summed E-state index contributed by atoms with van der Waals surface area (Å²) in [4.78, 5) is 12.6. The summed E-state index contributed by atoms with van der Waals surface area (Å²) in [6.07, 6.45) is 2.54. The fourth-order valence-corrected chi connectivity index (χ4v) is 5.48. The molecule has 2 fully saturated rings. The number of furan rings is 1. The van der Waals surface area contributed by atoms with Crippen molar-refractivity contribution >= 4 is 27.5 Å². The molecule has 2 aliphatic rings. The number of nitrogens with zero attached hydrogens (tertiary/aromatic N) is 1. The number of aryl methyl sites for hydroxylation is 1. The summed E-state index contributed by atoms with van der Waals surface area (Å²) >= 11 is 6.02. The molecule has 1 aliphatic carbocycles. The molecule has 6 nitrogen and oxygen atoms in total. The van der Waals surface area contributed by atoms with Gasteiger partial charge in [0.2, 0.25) is 10.0 Å². The number of carbonyl (C=O) groups is 1. The van der Waals surface area contributed by atoms with Crippen LogP contribution in [0.2, 0.25) is 5.02 Å².